The number of hydrogen-bond donors (Lipinski definition) is 1. The molecule has 0 saturated heterocycles. The topological polar surface area (TPSA) is 87.8 Å². The number of nitrogens with one attached hydrogen (secondary N) is 1. The lowest BCUT2D eigenvalue weighted by molar-refractivity contribution is -0.137. The zero-order chi connectivity index (χ0) is 18.8. The summed E-state index contributed by atoms with van der Waals surface area (Å²) >= 11 is 0. The minimum atomic E-state index is -4.47. The van der Waals surface area contributed by atoms with E-state index in [2.05, 4.69) is 10.4 Å². The molecule has 130 valence electrons. The number of carbonyl (C=O) groups excluding carboxylic acids is 1. The average molecular weight is 350 g/mol. The number of halogens is 3. The van der Waals surface area contributed by atoms with Crippen LogP contribution < -0.4 is 10.9 Å². The summed E-state index contributed by atoms with van der Waals surface area (Å²) in [7, 11) is 0. The average Bonchev–Trinajstić information content (AvgIpc) is 2.53. The molecule has 0 atom stereocenters. The first kappa shape index (κ1) is 18.2. The minimum Gasteiger partial charge on any atom is -0.324 e. The van der Waals surface area contributed by atoms with Crippen molar-refractivity contribution in [2.75, 3.05) is 5.32 Å². The Balaban J connectivity index is 2.18. The molecule has 0 aliphatic rings. The van der Waals surface area contributed by atoms with Gasteiger partial charge in [0.1, 0.15) is 18.2 Å². The summed E-state index contributed by atoms with van der Waals surface area (Å²) in [4.78, 5) is 24.1. The van der Waals surface area contributed by atoms with Crippen LogP contribution in [-0.4, -0.2) is 15.7 Å². The lowest BCUT2D eigenvalue weighted by Crippen LogP contribution is -2.32. The van der Waals surface area contributed by atoms with Crippen LogP contribution in [0, 0.1) is 25.2 Å². The Hall–Kier alpha value is -3.15. The molecule has 0 unspecified atom stereocenters. The fourth-order valence-electron chi connectivity index (χ4n) is 2.09. The Morgan fingerprint density at radius 3 is 2.40 bits per heavy atom. The van der Waals surface area contributed by atoms with Gasteiger partial charge in [0, 0.05) is 5.69 Å². The Labute approximate surface area is 140 Å². The maximum Gasteiger partial charge on any atom is 0.416 e. The predicted octanol–water partition coefficient (Wildman–Crippen LogP) is 2.39. The van der Waals surface area contributed by atoms with Gasteiger partial charge in [-0.3, -0.25) is 9.59 Å². The molecule has 0 saturated carbocycles. The molecule has 9 heteroatoms. The van der Waals surface area contributed by atoms with Crippen LogP contribution >= 0.6 is 0 Å². The number of hydrogen-bond acceptors (Lipinski definition) is 4. The summed E-state index contributed by atoms with van der Waals surface area (Å²) in [5.74, 6) is -0.651. The number of alkyl halides is 3. The van der Waals surface area contributed by atoms with E-state index in [1.54, 1.807) is 19.9 Å². The highest BCUT2D eigenvalue weighted by Gasteiger charge is 2.30. The first-order valence-electron chi connectivity index (χ1n) is 7.09. The first-order chi connectivity index (χ1) is 11.6. The zero-order valence-corrected chi connectivity index (χ0v) is 13.3. The number of nitriles is 1. The maximum absolute atomic E-state index is 12.5. The van der Waals surface area contributed by atoms with Crippen molar-refractivity contribution in [2.45, 2.75) is 26.6 Å². The maximum atomic E-state index is 12.5. The molecule has 0 spiro atoms. The highest BCUT2D eigenvalue weighted by Crippen LogP contribution is 2.29. The molecule has 1 heterocycles. The highest BCUT2D eigenvalue weighted by atomic mass is 19.4. The summed E-state index contributed by atoms with van der Waals surface area (Å²) in [6.07, 6.45) is -4.47. The van der Waals surface area contributed by atoms with E-state index in [0.717, 1.165) is 28.9 Å². The van der Waals surface area contributed by atoms with Gasteiger partial charge in [-0.05, 0) is 43.7 Å². The summed E-state index contributed by atoms with van der Waals surface area (Å²) in [5, 5.41) is 15.4. The number of rotatable bonds is 3. The predicted molar refractivity (Wildman–Crippen MR) is 82.8 cm³/mol. The summed E-state index contributed by atoms with van der Waals surface area (Å²) < 4.78 is 38.3. The molecule has 2 rings (SSSR count). The number of benzene rings is 1. The second kappa shape index (κ2) is 6.76. The van der Waals surface area contributed by atoms with Crippen molar-refractivity contribution in [3.8, 4) is 6.07 Å². The van der Waals surface area contributed by atoms with E-state index >= 15 is 0 Å². The minimum absolute atomic E-state index is 0.102. The van der Waals surface area contributed by atoms with Gasteiger partial charge in [0.2, 0.25) is 5.91 Å². The quantitative estimate of drug-likeness (QED) is 0.921. The third-order valence-electron chi connectivity index (χ3n) is 3.54. The van der Waals surface area contributed by atoms with E-state index in [1.807, 2.05) is 0 Å². The molecule has 6 nitrogen and oxygen atoms in total. The standard InChI is InChI=1S/C16H13F3N4O2/c1-9-10(2)22-23(15(25)13(9)7-20)8-14(24)21-12-5-3-11(4-6-12)16(17,18)19/h3-6H,8H2,1-2H3,(H,21,24). The molecule has 0 aliphatic heterocycles. The number of aromatic nitrogens is 2. The Morgan fingerprint density at radius 1 is 1.28 bits per heavy atom. The van der Waals surface area contributed by atoms with E-state index in [9.17, 15) is 22.8 Å². The normalized spacial score (nSPS) is 11.0. The molecule has 0 bridgehead atoms. The molecule has 1 aromatic carbocycles. The third-order valence-corrected chi connectivity index (χ3v) is 3.54. The van der Waals surface area contributed by atoms with Crippen LogP contribution in [0.5, 0.6) is 0 Å². The molecule has 0 radical (unpaired) electrons. The molecule has 1 N–H and O–H groups in total. The molecule has 25 heavy (non-hydrogen) atoms. The van der Waals surface area contributed by atoms with Gasteiger partial charge in [-0.2, -0.15) is 23.5 Å². The first-order valence-corrected chi connectivity index (χ1v) is 7.09. The van der Waals surface area contributed by atoms with Gasteiger partial charge in [-0.15, -0.1) is 0 Å². The van der Waals surface area contributed by atoms with Gasteiger partial charge in [-0.25, -0.2) is 4.68 Å². The monoisotopic (exact) mass is 350 g/mol. The number of nitrogens with zero attached hydrogens (tertiary/aromatic N) is 3. The van der Waals surface area contributed by atoms with Crippen molar-refractivity contribution in [2.24, 2.45) is 0 Å². The fourth-order valence-corrected chi connectivity index (χ4v) is 2.09. The van der Waals surface area contributed by atoms with Gasteiger partial charge in [0.05, 0.1) is 11.3 Å². The molecular weight excluding hydrogens is 337 g/mol. The van der Waals surface area contributed by atoms with Gasteiger partial charge in [0.15, 0.2) is 0 Å². The number of carbonyl (C=O) groups is 1. The number of anilines is 1. The van der Waals surface area contributed by atoms with Gasteiger partial charge >= 0.3 is 6.18 Å². The van der Waals surface area contributed by atoms with Crippen molar-refractivity contribution in [1.82, 2.24) is 9.78 Å². The van der Waals surface area contributed by atoms with Crippen molar-refractivity contribution in [3.05, 3.63) is 57.0 Å². The summed E-state index contributed by atoms with van der Waals surface area (Å²) in [5.41, 5.74) is -0.625. The summed E-state index contributed by atoms with van der Waals surface area (Å²) in [6.45, 7) is 2.71. The molecule has 1 amide bonds. The molecule has 0 fully saturated rings. The Morgan fingerprint density at radius 2 is 1.88 bits per heavy atom. The lowest BCUT2D eigenvalue weighted by Gasteiger charge is -2.10. The van der Waals surface area contributed by atoms with E-state index in [4.69, 9.17) is 5.26 Å². The van der Waals surface area contributed by atoms with Crippen molar-refractivity contribution < 1.29 is 18.0 Å². The third kappa shape index (κ3) is 4.03. The van der Waals surface area contributed by atoms with Crippen LogP contribution in [0.4, 0.5) is 18.9 Å². The second-order valence-electron chi connectivity index (χ2n) is 5.28. The fraction of sp³-hybridized carbons (Fsp3) is 0.250. The Kier molecular flexibility index (Phi) is 4.92. The van der Waals surface area contributed by atoms with Gasteiger partial charge in [-0.1, -0.05) is 0 Å². The summed E-state index contributed by atoms with van der Waals surface area (Å²) in [6, 6.07) is 5.67. The van der Waals surface area contributed by atoms with Crippen molar-refractivity contribution >= 4 is 11.6 Å². The number of aryl methyl sites for hydroxylation is 1. The van der Waals surface area contributed by atoms with Crippen molar-refractivity contribution in [1.29, 1.82) is 5.26 Å². The molecule has 1 aromatic heterocycles. The van der Waals surface area contributed by atoms with E-state index < -0.39 is 29.8 Å². The highest BCUT2D eigenvalue weighted by molar-refractivity contribution is 5.90. The van der Waals surface area contributed by atoms with Gasteiger partial charge in [0.25, 0.3) is 5.56 Å². The van der Waals surface area contributed by atoms with Crippen molar-refractivity contribution in [3.63, 3.8) is 0 Å². The van der Waals surface area contributed by atoms with Crippen LogP contribution in [-0.2, 0) is 17.5 Å². The van der Waals surface area contributed by atoms with E-state index in [1.165, 1.54) is 0 Å². The van der Waals surface area contributed by atoms with E-state index in [-0.39, 0.29) is 11.3 Å². The second-order valence-corrected chi connectivity index (χ2v) is 5.28. The molecule has 2 aromatic rings. The Bertz CT molecular complexity index is 909. The molecule has 0 aliphatic carbocycles. The number of amides is 1. The molecular formula is C16H13F3N4O2. The largest absolute Gasteiger partial charge is 0.416 e. The smallest absolute Gasteiger partial charge is 0.324 e. The van der Waals surface area contributed by atoms with Gasteiger partial charge < -0.3 is 5.32 Å². The van der Waals surface area contributed by atoms with Crippen LogP contribution in [0.25, 0.3) is 0 Å². The van der Waals surface area contributed by atoms with Crippen LogP contribution in [0.15, 0.2) is 29.1 Å². The lowest BCUT2D eigenvalue weighted by atomic mass is 10.1. The van der Waals surface area contributed by atoms with Crippen LogP contribution in [0.1, 0.15) is 22.4 Å². The van der Waals surface area contributed by atoms with Crippen LogP contribution in [0.3, 0.4) is 0 Å². The van der Waals surface area contributed by atoms with E-state index in [0.29, 0.717) is 11.3 Å². The SMILES string of the molecule is Cc1nn(CC(=O)Nc2ccc(C(F)(F)F)cc2)c(=O)c(C#N)c1C. The van der Waals surface area contributed by atoms with Crippen LogP contribution in [0.2, 0.25) is 0 Å². The zero-order valence-electron chi connectivity index (χ0n) is 13.3.